The number of carbonyl (C=O) groups is 1. The molecule has 0 fully saturated rings. The maximum absolute atomic E-state index is 10.7. The van der Waals surface area contributed by atoms with Crippen LogP contribution in [-0.2, 0) is 11.2 Å². The van der Waals surface area contributed by atoms with Crippen molar-refractivity contribution in [1.29, 1.82) is 0 Å². The molecule has 0 saturated heterocycles. The fraction of sp³-hybridized carbons (Fsp3) is 0.143. The molecule has 20 heavy (non-hydrogen) atoms. The van der Waals surface area contributed by atoms with E-state index in [2.05, 4.69) is 15.1 Å². The number of carboxylic acid groups (broad SMARTS) is 1. The second-order valence-electron chi connectivity index (χ2n) is 4.51. The first kappa shape index (κ1) is 12.3. The molecule has 0 aliphatic rings. The Morgan fingerprint density at radius 3 is 2.70 bits per heavy atom. The predicted molar refractivity (Wildman–Crippen MR) is 72.3 cm³/mol. The van der Waals surface area contributed by atoms with Crippen LogP contribution in [0.5, 0.6) is 0 Å². The molecule has 1 aromatic carbocycles. The number of fused-ring (bicyclic) bond motifs is 1. The molecule has 100 valence electrons. The Balaban J connectivity index is 2.13. The van der Waals surface area contributed by atoms with Gasteiger partial charge in [-0.2, -0.15) is 9.50 Å². The summed E-state index contributed by atoms with van der Waals surface area (Å²) in [4.78, 5) is 19.0. The average molecular weight is 268 g/mol. The summed E-state index contributed by atoms with van der Waals surface area (Å²) < 4.78 is 1.57. The van der Waals surface area contributed by atoms with E-state index in [1.54, 1.807) is 10.7 Å². The summed E-state index contributed by atoms with van der Waals surface area (Å²) in [5.41, 5.74) is 2.98. The third-order valence-electron chi connectivity index (χ3n) is 2.94. The number of benzene rings is 1. The Kier molecular flexibility index (Phi) is 2.90. The minimum atomic E-state index is -0.960. The van der Waals surface area contributed by atoms with E-state index >= 15 is 0 Å². The molecule has 1 N–H and O–H groups in total. The van der Waals surface area contributed by atoms with Crippen molar-refractivity contribution < 1.29 is 9.90 Å². The van der Waals surface area contributed by atoms with Gasteiger partial charge in [0.15, 0.2) is 5.82 Å². The van der Waals surface area contributed by atoms with Crippen LogP contribution in [0.15, 0.2) is 36.5 Å². The Hall–Kier alpha value is -2.76. The van der Waals surface area contributed by atoms with Crippen LogP contribution < -0.4 is 0 Å². The smallest absolute Gasteiger partial charge is 0.311 e. The molecule has 6 nitrogen and oxygen atoms in total. The Labute approximate surface area is 114 Å². The van der Waals surface area contributed by atoms with Crippen LogP contribution in [0.25, 0.3) is 17.0 Å². The molecule has 2 heterocycles. The van der Waals surface area contributed by atoms with E-state index in [0.717, 1.165) is 11.3 Å². The van der Waals surface area contributed by atoms with Crippen LogP contribution in [0.1, 0.15) is 11.4 Å². The van der Waals surface area contributed by atoms with Crippen LogP contribution in [0.2, 0.25) is 0 Å². The van der Waals surface area contributed by atoms with E-state index in [4.69, 9.17) is 5.11 Å². The molecule has 2 aromatic heterocycles. The third kappa shape index (κ3) is 2.23. The molecule has 3 aromatic rings. The normalized spacial score (nSPS) is 10.8. The molecular weight excluding hydrogens is 256 g/mol. The largest absolute Gasteiger partial charge is 0.481 e. The molecule has 0 aliphatic carbocycles. The zero-order valence-corrected chi connectivity index (χ0v) is 10.8. The summed E-state index contributed by atoms with van der Waals surface area (Å²) in [7, 11) is 0. The zero-order chi connectivity index (χ0) is 14.1. The molecule has 3 rings (SSSR count). The molecule has 0 amide bonds. The average Bonchev–Trinajstić information content (AvgIpc) is 2.80. The molecular formula is C14H12N4O2. The van der Waals surface area contributed by atoms with Gasteiger partial charge in [-0.3, -0.25) is 4.79 Å². The first-order chi connectivity index (χ1) is 9.63. The van der Waals surface area contributed by atoms with E-state index in [1.807, 2.05) is 37.3 Å². The van der Waals surface area contributed by atoms with Crippen molar-refractivity contribution >= 4 is 11.7 Å². The van der Waals surface area contributed by atoms with E-state index < -0.39 is 5.97 Å². The molecule has 6 heteroatoms. The van der Waals surface area contributed by atoms with Gasteiger partial charge in [-0.1, -0.05) is 29.8 Å². The lowest BCUT2D eigenvalue weighted by Gasteiger charge is -2.03. The molecule has 0 spiro atoms. The summed E-state index contributed by atoms with van der Waals surface area (Å²) >= 11 is 0. The second kappa shape index (κ2) is 4.73. The van der Waals surface area contributed by atoms with Gasteiger partial charge in [-0.05, 0) is 13.0 Å². The van der Waals surface area contributed by atoms with E-state index in [9.17, 15) is 4.79 Å². The lowest BCUT2D eigenvalue weighted by molar-refractivity contribution is -0.136. The highest BCUT2D eigenvalue weighted by molar-refractivity contribution is 5.69. The number of rotatable bonds is 3. The van der Waals surface area contributed by atoms with Crippen LogP contribution >= 0.6 is 0 Å². The highest BCUT2D eigenvalue weighted by Gasteiger charge is 2.11. The Morgan fingerprint density at radius 1 is 1.25 bits per heavy atom. The highest BCUT2D eigenvalue weighted by atomic mass is 16.4. The van der Waals surface area contributed by atoms with Crippen molar-refractivity contribution in [3.05, 3.63) is 47.9 Å². The summed E-state index contributed by atoms with van der Waals surface area (Å²) in [6.07, 6.45) is 1.43. The minimum absolute atomic E-state index is 0.212. The summed E-state index contributed by atoms with van der Waals surface area (Å²) in [6.45, 7) is 2.02. The van der Waals surface area contributed by atoms with Crippen molar-refractivity contribution in [2.24, 2.45) is 0 Å². The first-order valence-corrected chi connectivity index (χ1v) is 6.13. The standard InChI is InChI=1S/C14H12N4O2/c1-9-2-4-10(5-3-9)11-6-7-15-14-16-12(8-13(19)20)17-18(11)14/h2-7H,8H2,1H3,(H,19,20). The zero-order valence-electron chi connectivity index (χ0n) is 10.8. The monoisotopic (exact) mass is 268 g/mol. The number of aliphatic carboxylic acids is 1. The Bertz CT molecular complexity index is 777. The molecule has 0 radical (unpaired) electrons. The number of hydrogen-bond acceptors (Lipinski definition) is 4. The fourth-order valence-electron chi connectivity index (χ4n) is 1.99. The third-order valence-corrected chi connectivity index (χ3v) is 2.94. The van der Waals surface area contributed by atoms with Crippen molar-refractivity contribution in [3.8, 4) is 11.3 Å². The van der Waals surface area contributed by atoms with Gasteiger partial charge in [0.05, 0.1) is 5.69 Å². The molecule has 0 unspecified atom stereocenters. The predicted octanol–water partition coefficient (Wildman–Crippen LogP) is 1.73. The Morgan fingerprint density at radius 2 is 2.00 bits per heavy atom. The maximum Gasteiger partial charge on any atom is 0.311 e. The maximum atomic E-state index is 10.7. The van der Waals surface area contributed by atoms with Crippen LogP contribution in [0, 0.1) is 6.92 Å². The van der Waals surface area contributed by atoms with Gasteiger partial charge in [0.1, 0.15) is 6.42 Å². The summed E-state index contributed by atoms with van der Waals surface area (Å²) in [5, 5.41) is 13.0. The highest BCUT2D eigenvalue weighted by Crippen LogP contribution is 2.19. The van der Waals surface area contributed by atoms with Gasteiger partial charge >= 0.3 is 5.97 Å². The molecule has 0 atom stereocenters. The van der Waals surface area contributed by atoms with Gasteiger partial charge in [0, 0.05) is 11.8 Å². The van der Waals surface area contributed by atoms with Gasteiger partial charge in [0.2, 0.25) is 0 Å². The van der Waals surface area contributed by atoms with E-state index in [-0.39, 0.29) is 12.2 Å². The quantitative estimate of drug-likeness (QED) is 0.782. The van der Waals surface area contributed by atoms with Crippen molar-refractivity contribution in [2.45, 2.75) is 13.3 Å². The van der Waals surface area contributed by atoms with E-state index in [1.165, 1.54) is 5.56 Å². The number of aromatic nitrogens is 4. The van der Waals surface area contributed by atoms with Gasteiger partial charge in [0.25, 0.3) is 5.78 Å². The summed E-state index contributed by atoms with van der Waals surface area (Å²) in [5.74, 6) is -0.304. The van der Waals surface area contributed by atoms with Crippen LogP contribution in [-0.4, -0.2) is 30.7 Å². The molecule has 0 saturated carbocycles. The van der Waals surface area contributed by atoms with Gasteiger partial charge in [-0.25, -0.2) is 4.98 Å². The van der Waals surface area contributed by atoms with Crippen LogP contribution in [0.4, 0.5) is 0 Å². The number of hydrogen-bond donors (Lipinski definition) is 1. The van der Waals surface area contributed by atoms with Gasteiger partial charge in [-0.15, -0.1) is 5.10 Å². The van der Waals surface area contributed by atoms with Crippen molar-refractivity contribution in [3.63, 3.8) is 0 Å². The number of carboxylic acids is 1. The number of nitrogens with zero attached hydrogens (tertiary/aromatic N) is 4. The van der Waals surface area contributed by atoms with E-state index in [0.29, 0.717) is 5.78 Å². The molecule has 0 bridgehead atoms. The van der Waals surface area contributed by atoms with Crippen LogP contribution in [0.3, 0.4) is 0 Å². The fourth-order valence-corrected chi connectivity index (χ4v) is 1.99. The van der Waals surface area contributed by atoms with Gasteiger partial charge < -0.3 is 5.11 Å². The molecule has 0 aliphatic heterocycles. The lowest BCUT2D eigenvalue weighted by Crippen LogP contribution is -2.02. The second-order valence-corrected chi connectivity index (χ2v) is 4.51. The lowest BCUT2D eigenvalue weighted by atomic mass is 10.1. The SMILES string of the molecule is Cc1ccc(-c2ccnc3nc(CC(=O)O)nn23)cc1. The first-order valence-electron chi connectivity index (χ1n) is 6.13. The van der Waals surface area contributed by atoms with Crippen molar-refractivity contribution in [1.82, 2.24) is 19.6 Å². The topological polar surface area (TPSA) is 80.4 Å². The van der Waals surface area contributed by atoms with Crippen molar-refractivity contribution in [2.75, 3.05) is 0 Å². The number of aryl methyl sites for hydroxylation is 1. The summed E-state index contributed by atoms with van der Waals surface area (Å²) in [6, 6.07) is 9.83. The minimum Gasteiger partial charge on any atom is -0.481 e.